The Morgan fingerprint density at radius 1 is 1.11 bits per heavy atom. The number of benzene rings is 2. The van der Waals surface area contributed by atoms with Crippen molar-refractivity contribution in [1.29, 1.82) is 0 Å². The molecule has 0 fully saturated rings. The molecule has 146 valence electrons. The van der Waals surface area contributed by atoms with Crippen molar-refractivity contribution in [2.24, 2.45) is 4.99 Å². The van der Waals surface area contributed by atoms with E-state index >= 15 is 0 Å². The third-order valence-electron chi connectivity index (χ3n) is 4.35. The number of carbonyl (C=O) groups excluding carboxylic acids is 2. The topological polar surface area (TPSA) is 61.8 Å². The fraction of sp³-hybridized carbons (Fsp3) is 0.286. The number of hydrogen-bond donors (Lipinski definition) is 1. The Morgan fingerprint density at radius 2 is 1.82 bits per heavy atom. The maximum Gasteiger partial charge on any atom is 0.253 e. The van der Waals surface area contributed by atoms with Crippen molar-refractivity contribution in [2.45, 2.75) is 19.6 Å². The van der Waals surface area contributed by atoms with Gasteiger partial charge in [0, 0.05) is 30.1 Å². The highest BCUT2D eigenvalue weighted by atomic mass is 32.2. The molecule has 0 saturated carbocycles. The van der Waals surface area contributed by atoms with Crippen LogP contribution in [0.1, 0.15) is 29.8 Å². The number of para-hydroxylation sites is 1. The normalized spacial score (nSPS) is 12.7. The number of carbonyl (C=O) groups is 2. The van der Waals surface area contributed by atoms with E-state index in [1.165, 1.54) is 17.3 Å². The second-order valence-corrected chi connectivity index (χ2v) is 8.37. The lowest BCUT2D eigenvalue weighted by atomic mass is 10.2. The molecule has 2 aromatic carbocycles. The van der Waals surface area contributed by atoms with Gasteiger partial charge in [0.05, 0.1) is 11.4 Å². The van der Waals surface area contributed by atoms with Crippen LogP contribution in [-0.2, 0) is 10.5 Å². The predicted octanol–water partition coefficient (Wildman–Crippen LogP) is 4.77. The standard InChI is InChI=1S/C21H23N3O2S2/c1-3-24(4-2)20(26)15-9-11-17(12-10-15)22-19(25)14-28-21-23-18-8-6-5-7-16(18)13-27-21/h5-12H,3-4,13-14H2,1-2H3,(H,22,25). The molecule has 0 atom stereocenters. The molecular weight excluding hydrogens is 390 g/mol. The summed E-state index contributed by atoms with van der Waals surface area (Å²) < 4.78 is 0.911. The van der Waals surface area contributed by atoms with E-state index in [2.05, 4.69) is 16.4 Å². The molecule has 0 bridgehead atoms. The number of thioether (sulfide) groups is 2. The van der Waals surface area contributed by atoms with Gasteiger partial charge >= 0.3 is 0 Å². The van der Waals surface area contributed by atoms with Crippen LogP contribution in [0.2, 0.25) is 0 Å². The zero-order chi connectivity index (χ0) is 19.9. The minimum absolute atomic E-state index is 0.00560. The van der Waals surface area contributed by atoms with E-state index in [1.807, 2.05) is 32.0 Å². The van der Waals surface area contributed by atoms with Crippen molar-refractivity contribution >= 4 is 51.1 Å². The average Bonchev–Trinajstić information content (AvgIpc) is 2.73. The first-order chi connectivity index (χ1) is 13.6. The van der Waals surface area contributed by atoms with Gasteiger partial charge in [-0.25, -0.2) is 4.99 Å². The zero-order valence-electron chi connectivity index (χ0n) is 16.0. The zero-order valence-corrected chi connectivity index (χ0v) is 17.6. The van der Waals surface area contributed by atoms with E-state index in [1.54, 1.807) is 40.9 Å². The Kier molecular flexibility index (Phi) is 7.17. The van der Waals surface area contributed by atoms with Crippen molar-refractivity contribution in [3.63, 3.8) is 0 Å². The first-order valence-corrected chi connectivity index (χ1v) is 11.2. The van der Waals surface area contributed by atoms with Crippen LogP contribution in [0.3, 0.4) is 0 Å². The molecule has 5 nitrogen and oxygen atoms in total. The fourth-order valence-electron chi connectivity index (χ4n) is 2.80. The van der Waals surface area contributed by atoms with Crippen LogP contribution in [0, 0.1) is 0 Å². The summed E-state index contributed by atoms with van der Waals surface area (Å²) >= 11 is 3.10. The molecule has 0 radical (unpaired) electrons. The Morgan fingerprint density at radius 3 is 2.54 bits per heavy atom. The van der Waals surface area contributed by atoms with Crippen molar-refractivity contribution < 1.29 is 9.59 Å². The van der Waals surface area contributed by atoms with Crippen LogP contribution in [0.4, 0.5) is 11.4 Å². The third-order valence-corrected chi connectivity index (χ3v) is 6.59. The van der Waals surface area contributed by atoms with E-state index < -0.39 is 0 Å². The van der Waals surface area contributed by atoms with Gasteiger partial charge < -0.3 is 10.2 Å². The van der Waals surface area contributed by atoms with Crippen molar-refractivity contribution in [3.05, 3.63) is 59.7 Å². The summed E-state index contributed by atoms with van der Waals surface area (Å²) in [7, 11) is 0. The van der Waals surface area contributed by atoms with Crippen LogP contribution in [-0.4, -0.2) is 39.9 Å². The molecule has 1 heterocycles. The molecule has 0 unspecified atom stereocenters. The summed E-state index contributed by atoms with van der Waals surface area (Å²) in [6, 6.07) is 15.1. The quantitative estimate of drug-likeness (QED) is 0.741. The summed E-state index contributed by atoms with van der Waals surface area (Å²) in [5, 5.41) is 2.88. The monoisotopic (exact) mass is 413 g/mol. The van der Waals surface area contributed by atoms with E-state index in [4.69, 9.17) is 0 Å². The summed E-state index contributed by atoms with van der Waals surface area (Å²) in [4.78, 5) is 31.0. The number of hydrogen-bond acceptors (Lipinski definition) is 5. The SMILES string of the molecule is CCN(CC)C(=O)c1ccc(NC(=O)CSC2=Nc3ccccc3CS2)cc1. The van der Waals surface area contributed by atoms with E-state index in [0.717, 1.165) is 15.8 Å². The van der Waals surface area contributed by atoms with Gasteiger partial charge in [0.2, 0.25) is 5.91 Å². The van der Waals surface area contributed by atoms with Crippen LogP contribution in [0.25, 0.3) is 0 Å². The van der Waals surface area contributed by atoms with Crippen molar-refractivity contribution in [2.75, 3.05) is 24.2 Å². The molecule has 0 saturated heterocycles. The van der Waals surface area contributed by atoms with Gasteiger partial charge in [-0.1, -0.05) is 41.7 Å². The van der Waals surface area contributed by atoms with Gasteiger partial charge in [-0.15, -0.1) is 0 Å². The van der Waals surface area contributed by atoms with Gasteiger partial charge in [-0.2, -0.15) is 0 Å². The molecule has 0 spiro atoms. The van der Waals surface area contributed by atoms with Gasteiger partial charge in [-0.05, 0) is 49.7 Å². The number of anilines is 1. The predicted molar refractivity (Wildman–Crippen MR) is 120 cm³/mol. The largest absolute Gasteiger partial charge is 0.339 e. The van der Waals surface area contributed by atoms with Crippen LogP contribution in [0.15, 0.2) is 53.5 Å². The Hall–Kier alpha value is -2.25. The third kappa shape index (κ3) is 5.17. The lowest BCUT2D eigenvalue weighted by Gasteiger charge is -2.18. The molecule has 0 aliphatic carbocycles. The fourth-order valence-corrected chi connectivity index (χ4v) is 4.66. The van der Waals surface area contributed by atoms with Crippen LogP contribution >= 0.6 is 23.5 Å². The average molecular weight is 414 g/mol. The highest BCUT2D eigenvalue weighted by Crippen LogP contribution is 2.34. The van der Waals surface area contributed by atoms with E-state index in [0.29, 0.717) is 30.1 Å². The molecule has 0 aromatic heterocycles. The first-order valence-electron chi connectivity index (χ1n) is 9.22. The second kappa shape index (κ2) is 9.80. The number of rotatable bonds is 6. The summed E-state index contributed by atoms with van der Waals surface area (Å²) in [6.45, 7) is 5.27. The Bertz CT molecular complexity index is 877. The second-order valence-electron chi connectivity index (χ2n) is 6.19. The summed E-state index contributed by atoms with van der Waals surface area (Å²) in [5.74, 6) is 1.10. The Labute approximate surface area is 174 Å². The van der Waals surface area contributed by atoms with Gasteiger partial charge in [0.1, 0.15) is 4.38 Å². The molecule has 2 amide bonds. The summed E-state index contributed by atoms with van der Waals surface area (Å²) in [6.07, 6.45) is 0. The van der Waals surface area contributed by atoms with Crippen LogP contribution in [0.5, 0.6) is 0 Å². The van der Waals surface area contributed by atoms with Gasteiger partial charge in [-0.3, -0.25) is 9.59 Å². The highest BCUT2D eigenvalue weighted by Gasteiger charge is 2.15. The maximum absolute atomic E-state index is 12.3. The molecule has 3 rings (SSSR count). The van der Waals surface area contributed by atoms with Crippen molar-refractivity contribution in [1.82, 2.24) is 4.90 Å². The van der Waals surface area contributed by atoms with E-state index in [9.17, 15) is 9.59 Å². The van der Waals surface area contributed by atoms with Gasteiger partial charge in [0.15, 0.2) is 0 Å². The first kappa shape index (κ1) is 20.5. The molecule has 1 aliphatic rings. The molecule has 7 heteroatoms. The number of nitrogens with one attached hydrogen (secondary N) is 1. The lowest BCUT2D eigenvalue weighted by molar-refractivity contribution is -0.113. The molecule has 2 aromatic rings. The lowest BCUT2D eigenvalue weighted by Crippen LogP contribution is -2.30. The minimum atomic E-state index is -0.0880. The highest BCUT2D eigenvalue weighted by molar-refractivity contribution is 8.38. The number of fused-ring (bicyclic) bond motifs is 1. The number of aliphatic imine (C=N–C) groups is 1. The minimum Gasteiger partial charge on any atom is -0.339 e. The summed E-state index contributed by atoms with van der Waals surface area (Å²) in [5.41, 5.74) is 3.52. The van der Waals surface area contributed by atoms with Crippen molar-refractivity contribution in [3.8, 4) is 0 Å². The van der Waals surface area contributed by atoms with Gasteiger partial charge in [0.25, 0.3) is 5.91 Å². The maximum atomic E-state index is 12.3. The molecule has 28 heavy (non-hydrogen) atoms. The van der Waals surface area contributed by atoms with E-state index in [-0.39, 0.29) is 11.8 Å². The molecule has 1 N–H and O–H groups in total. The molecular formula is C21H23N3O2S2. The smallest absolute Gasteiger partial charge is 0.253 e. The van der Waals surface area contributed by atoms with Crippen LogP contribution < -0.4 is 5.32 Å². The molecule has 1 aliphatic heterocycles. The Balaban J connectivity index is 1.53. The number of nitrogens with zero attached hydrogens (tertiary/aromatic N) is 2. The number of amides is 2.